The second-order valence-corrected chi connectivity index (χ2v) is 5.70. The van der Waals surface area contributed by atoms with Crippen LogP contribution in [-0.2, 0) is 4.79 Å². The lowest BCUT2D eigenvalue weighted by atomic mass is 10.0. The van der Waals surface area contributed by atoms with Crippen LogP contribution in [0.25, 0.3) is 6.08 Å². The van der Waals surface area contributed by atoms with Crippen LogP contribution in [0.4, 0.5) is 0 Å². The molecule has 0 saturated heterocycles. The van der Waals surface area contributed by atoms with Crippen molar-refractivity contribution in [2.75, 3.05) is 0 Å². The maximum atomic E-state index is 12.2. The number of nitrogens with one attached hydrogen (secondary N) is 1. The first-order valence-corrected chi connectivity index (χ1v) is 7.81. The quantitative estimate of drug-likeness (QED) is 0.716. The van der Waals surface area contributed by atoms with Crippen molar-refractivity contribution in [1.82, 2.24) is 5.32 Å². The number of amides is 1. The molecule has 0 bridgehead atoms. The van der Waals surface area contributed by atoms with Crippen LogP contribution in [0.2, 0.25) is 0 Å². The van der Waals surface area contributed by atoms with Crippen LogP contribution in [0.3, 0.4) is 0 Å². The zero-order valence-corrected chi connectivity index (χ0v) is 12.6. The summed E-state index contributed by atoms with van der Waals surface area (Å²) < 4.78 is 5.46. The van der Waals surface area contributed by atoms with Crippen LogP contribution in [0.1, 0.15) is 22.2 Å². The Morgan fingerprint density at radius 3 is 2.64 bits per heavy atom. The SMILES string of the molecule is O=C(/C=C/c1cccs1)N[C@H](c1ccccc1)c1ccco1. The standard InChI is InChI=1S/C18H15NO2S/c20-17(11-10-15-8-5-13-22-15)19-18(16-9-4-12-21-16)14-6-2-1-3-7-14/h1-13,18H,(H,19,20)/b11-10+/t18-/m1/s1. The van der Waals surface area contributed by atoms with Gasteiger partial charge in [-0.15, -0.1) is 11.3 Å². The Morgan fingerprint density at radius 1 is 1.09 bits per heavy atom. The molecular weight excluding hydrogens is 294 g/mol. The van der Waals surface area contributed by atoms with E-state index in [4.69, 9.17) is 4.42 Å². The summed E-state index contributed by atoms with van der Waals surface area (Å²) in [5.74, 6) is 0.558. The number of rotatable bonds is 5. The number of thiophene rings is 1. The average Bonchev–Trinajstić information content (AvgIpc) is 3.25. The van der Waals surface area contributed by atoms with Crippen molar-refractivity contribution >= 4 is 23.3 Å². The van der Waals surface area contributed by atoms with Crippen LogP contribution in [-0.4, -0.2) is 5.91 Å². The van der Waals surface area contributed by atoms with Crippen molar-refractivity contribution in [1.29, 1.82) is 0 Å². The molecule has 0 radical (unpaired) electrons. The lowest BCUT2D eigenvalue weighted by molar-refractivity contribution is -0.117. The van der Waals surface area contributed by atoms with Crippen molar-refractivity contribution in [3.63, 3.8) is 0 Å². The van der Waals surface area contributed by atoms with E-state index in [0.717, 1.165) is 10.4 Å². The minimum atomic E-state index is -0.295. The van der Waals surface area contributed by atoms with Crippen LogP contribution in [0.5, 0.6) is 0 Å². The van der Waals surface area contributed by atoms with Crippen molar-refractivity contribution < 1.29 is 9.21 Å². The molecule has 0 fully saturated rings. The normalized spacial score (nSPS) is 12.4. The topological polar surface area (TPSA) is 42.2 Å². The van der Waals surface area contributed by atoms with Crippen LogP contribution >= 0.6 is 11.3 Å². The first-order chi connectivity index (χ1) is 10.8. The molecule has 4 heteroatoms. The monoisotopic (exact) mass is 309 g/mol. The zero-order valence-electron chi connectivity index (χ0n) is 11.8. The molecule has 0 aliphatic carbocycles. The fourth-order valence-corrected chi connectivity index (χ4v) is 2.77. The van der Waals surface area contributed by atoms with Gasteiger partial charge < -0.3 is 9.73 Å². The summed E-state index contributed by atoms with van der Waals surface area (Å²) in [7, 11) is 0. The second-order valence-electron chi connectivity index (χ2n) is 4.72. The van der Waals surface area contributed by atoms with Gasteiger partial charge in [0.1, 0.15) is 11.8 Å². The summed E-state index contributed by atoms with van der Waals surface area (Å²) in [4.78, 5) is 13.2. The van der Waals surface area contributed by atoms with Gasteiger partial charge in [0.05, 0.1) is 6.26 Å². The number of hydrogen-bond acceptors (Lipinski definition) is 3. The molecule has 0 unspecified atom stereocenters. The lowest BCUT2D eigenvalue weighted by Crippen LogP contribution is -2.27. The van der Waals surface area contributed by atoms with Crippen LogP contribution in [0, 0.1) is 0 Å². The highest BCUT2D eigenvalue weighted by atomic mass is 32.1. The third-order valence-electron chi connectivity index (χ3n) is 3.19. The van der Waals surface area contributed by atoms with Gasteiger partial charge in [0, 0.05) is 11.0 Å². The number of carbonyl (C=O) groups excluding carboxylic acids is 1. The minimum absolute atomic E-state index is 0.154. The molecule has 2 heterocycles. The van der Waals surface area contributed by atoms with Gasteiger partial charge >= 0.3 is 0 Å². The molecule has 0 saturated carbocycles. The Labute approximate surface area is 132 Å². The molecule has 1 atom stereocenters. The van der Waals surface area contributed by atoms with E-state index in [9.17, 15) is 4.79 Å². The molecular formula is C18H15NO2S. The Morgan fingerprint density at radius 2 is 1.95 bits per heavy atom. The van der Waals surface area contributed by atoms with Crippen LogP contribution in [0.15, 0.2) is 76.7 Å². The van der Waals surface area contributed by atoms with Crippen molar-refractivity contribution in [2.24, 2.45) is 0 Å². The van der Waals surface area contributed by atoms with E-state index in [1.165, 1.54) is 0 Å². The Bertz CT molecular complexity index is 731. The van der Waals surface area contributed by atoms with Crippen LogP contribution < -0.4 is 5.32 Å². The van der Waals surface area contributed by atoms with Gasteiger partial charge in [0.15, 0.2) is 0 Å². The fraction of sp³-hybridized carbons (Fsp3) is 0.0556. The van der Waals surface area contributed by atoms with E-state index in [1.807, 2.05) is 66.1 Å². The third kappa shape index (κ3) is 3.54. The highest BCUT2D eigenvalue weighted by Crippen LogP contribution is 2.22. The third-order valence-corrected chi connectivity index (χ3v) is 4.03. The summed E-state index contributed by atoms with van der Waals surface area (Å²) in [6.07, 6.45) is 4.97. The van der Waals surface area contributed by atoms with Gasteiger partial charge in [0.25, 0.3) is 0 Å². The number of hydrogen-bond donors (Lipinski definition) is 1. The predicted molar refractivity (Wildman–Crippen MR) is 88.5 cm³/mol. The van der Waals surface area contributed by atoms with E-state index >= 15 is 0 Å². The summed E-state index contributed by atoms with van der Waals surface area (Å²) in [5, 5.41) is 4.96. The van der Waals surface area contributed by atoms with E-state index in [-0.39, 0.29) is 11.9 Å². The lowest BCUT2D eigenvalue weighted by Gasteiger charge is -2.16. The molecule has 22 heavy (non-hydrogen) atoms. The molecule has 0 spiro atoms. The largest absolute Gasteiger partial charge is 0.467 e. The van der Waals surface area contributed by atoms with Gasteiger partial charge in [0.2, 0.25) is 5.91 Å². The number of furan rings is 1. The second kappa shape index (κ2) is 6.91. The molecule has 3 rings (SSSR count). The minimum Gasteiger partial charge on any atom is -0.467 e. The summed E-state index contributed by atoms with van der Waals surface area (Å²) >= 11 is 1.59. The number of carbonyl (C=O) groups is 1. The molecule has 0 aliphatic rings. The van der Waals surface area contributed by atoms with Gasteiger partial charge in [-0.3, -0.25) is 4.79 Å². The fourth-order valence-electron chi connectivity index (χ4n) is 2.15. The molecule has 3 aromatic rings. The van der Waals surface area contributed by atoms with Crippen molar-refractivity contribution in [3.8, 4) is 0 Å². The van der Waals surface area contributed by atoms with Crippen molar-refractivity contribution in [3.05, 3.63) is 88.5 Å². The molecule has 1 aromatic carbocycles. The molecule has 1 amide bonds. The maximum Gasteiger partial charge on any atom is 0.244 e. The Kier molecular flexibility index (Phi) is 4.51. The molecule has 2 aromatic heterocycles. The maximum absolute atomic E-state index is 12.2. The zero-order chi connectivity index (χ0) is 15.2. The van der Waals surface area contributed by atoms with Gasteiger partial charge in [-0.25, -0.2) is 0 Å². The predicted octanol–water partition coefficient (Wildman–Crippen LogP) is 4.26. The Balaban J connectivity index is 1.77. The van der Waals surface area contributed by atoms with Gasteiger partial charge in [-0.1, -0.05) is 36.4 Å². The summed E-state index contributed by atoms with van der Waals surface area (Å²) in [5.41, 5.74) is 0.982. The highest BCUT2D eigenvalue weighted by Gasteiger charge is 2.17. The van der Waals surface area contributed by atoms with Gasteiger partial charge in [-0.05, 0) is 35.2 Å². The first kappa shape index (κ1) is 14.4. The average molecular weight is 309 g/mol. The summed E-state index contributed by atoms with van der Waals surface area (Å²) in [6, 6.07) is 17.1. The smallest absolute Gasteiger partial charge is 0.244 e. The van der Waals surface area contributed by atoms with E-state index < -0.39 is 0 Å². The van der Waals surface area contributed by atoms with Gasteiger partial charge in [-0.2, -0.15) is 0 Å². The highest BCUT2D eigenvalue weighted by molar-refractivity contribution is 7.10. The van der Waals surface area contributed by atoms with Crippen molar-refractivity contribution in [2.45, 2.75) is 6.04 Å². The first-order valence-electron chi connectivity index (χ1n) is 6.93. The van der Waals surface area contributed by atoms with E-state index in [1.54, 1.807) is 23.7 Å². The molecule has 3 nitrogen and oxygen atoms in total. The molecule has 1 N–H and O–H groups in total. The summed E-state index contributed by atoms with van der Waals surface area (Å²) in [6.45, 7) is 0. The Hall–Kier alpha value is -2.59. The molecule has 110 valence electrons. The molecule has 0 aliphatic heterocycles. The van der Waals surface area contributed by atoms with E-state index in [0.29, 0.717) is 5.76 Å². The number of benzene rings is 1. The van der Waals surface area contributed by atoms with E-state index in [2.05, 4.69) is 5.32 Å².